The van der Waals surface area contributed by atoms with Gasteiger partial charge in [0, 0.05) is 44.8 Å². The third-order valence-electron chi connectivity index (χ3n) is 4.84. The molecule has 0 aliphatic heterocycles. The summed E-state index contributed by atoms with van der Waals surface area (Å²) >= 11 is 14.6. The highest BCUT2D eigenvalue weighted by Gasteiger charge is 2.11. The van der Waals surface area contributed by atoms with E-state index in [9.17, 15) is 9.59 Å². The standard InChI is InChI=1S/C24H20Cl2N4O2S2/c25-17-9-5-15(6-10-17)19-13-33-23(27-19)29-21(31)3-1-2-4-22(32)30-24-28-20(14-34-24)16-7-11-18(26)12-8-16/h5-14H,1-4H2,(H,27,29,31)(H,28,30,32). The molecule has 4 aromatic rings. The first-order valence-electron chi connectivity index (χ1n) is 10.5. The number of nitrogens with zero attached hydrogens (tertiary/aromatic N) is 2. The summed E-state index contributed by atoms with van der Waals surface area (Å²) in [5, 5.41) is 11.8. The largest absolute Gasteiger partial charge is 0.302 e. The summed E-state index contributed by atoms with van der Waals surface area (Å²) in [5.74, 6) is -0.241. The lowest BCUT2D eigenvalue weighted by Crippen LogP contribution is -2.13. The average molecular weight is 531 g/mol. The topological polar surface area (TPSA) is 84.0 Å². The van der Waals surface area contributed by atoms with Gasteiger partial charge in [0.15, 0.2) is 10.3 Å². The van der Waals surface area contributed by atoms with Gasteiger partial charge in [-0.15, -0.1) is 22.7 Å². The summed E-state index contributed by atoms with van der Waals surface area (Å²) in [4.78, 5) is 33.3. The lowest BCUT2D eigenvalue weighted by molar-refractivity contribution is -0.118. The van der Waals surface area contributed by atoms with Crippen molar-refractivity contribution >= 4 is 68.0 Å². The van der Waals surface area contributed by atoms with Crippen LogP contribution in [0.15, 0.2) is 59.3 Å². The van der Waals surface area contributed by atoms with Gasteiger partial charge in [0.2, 0.25) is 11.8 Å². The molecule has 2 aromatic heterocycles. The van der Waals surface area contributed by atoms with E-state index in [0.717, 1.165) is 22.5 Å². The van der Waals surface area contributed by atoms with Gasteiger partial charge >= 0.3 is 0 Å². The zero-order valence-electron chi connectivity index (χ0n) is 17.9. The molecule has 2 amide bonds. The molecule has 0 radical (unpaired) electrons. The maximum absolute atomic E-state index is 12.2. The Balaban J connectivity index is 1.17. The number of rotatable bonds is 9. The predicted molar refractivity (Wildman–Crippen MR) is 141 cm³/mol. The molecule has 174 valence electrons. The summed E-state index contributed by atoms with van der Waals surface area (Å²) < 4.78 is 0. The molecular weight excluding hydrogens is 511 g/mol. The SMILES string of the molecule is O=C(CCCCC(=O)Nc1nc(-c2ccc(Cl)cc2)cs1)Nc1nc(-c2ccc(Cl)cc2)cs1. The van der Waals surface area contributed by atoms with Crippen molar-refractivity contribution in [3.05, 3.63) is 69.3 Å². The smallest absolute Gasteiger partial charge is 0.226 e. The van der Waals surface area contributed by atoms with Crippen LogP contribution in [0.25, 0.3) is 22.5 Å². The van der Waals surface area contributed by atoms with Gasteiger partial charge in [-0.3, -0.25) is 9.59 Å². The van der Waals surface area contributed by atoms with Crippen molar-refractivity contribution in [2.75, 3.05) is 10.6 Å². The van der Waals surface area contributed by atoms with Crippen molar-refractivity contribution in [3.8, 4) is 22.5 Å². The number of anilines is 2. The van der Waals surface area contributed by atoms with Gasteiger partial charge < -0.3 is 10.6 Å². The monoisotopic (exact) mass is 530 g/mol. The maximum atomic E-state index is 12.2. The second-order valence-corrected chi connectivity index (χ2v) is 9.98. The molecule has 0 spiro atoms. The average Bonchev–Trinajstić information content (AvgIpc) is 3.48. The normalized spacial score (nSPS) is 10.8. The fraction of sp³-hybridized carbons (Fsp3) is 0.167. The van der Waals surface area contributed by atoms with Crippen LogP contribution in [0.3, 0.4) is 0 Å². The van der Waals surface area contributed by atoms with Crippen LogP contribution in [0.5, 0.6) is 0 Å². The molecule has 4 rings (SSSR count). The second-order valence-electron chi connectivity index (χ2n) is 7.39. The Labute approximate surface area is 215 Å². The zero-order chi connectivity index (χ0) is 23.9. The van der Waals surface area contributed by atoms with Gasteiger partial charge in [-0.2, -0.15) is 0 Å². The highest BCUT2D eigenvalue weighted by molar-refractivity contribution is 7.14. The number of benzene rings is 2. The van der Waals surface area contributed by atoms with Gasteiger partial charge in [0.1, 0.15) is 0 Å². The number of unbranched alkanes of at least 4 members (excludes halogenated alkanes) is 1. The second kappa shape index (κ2) is 11.6. The Hall–Kier alpha value is -2.78. The lowest BCUT2D eigenvalue weighted by atomic mass is 10.2. The minimum atomic E-state index is -0.120. The Morgan fingerprint density at radius 3 is 1.44 bits per heavy atom. The number of thiazole rings is 2. The number of hydrogen-bond acceptors (Lipinski definition) is 6. The first kappa shape index (κ1) is 24.3. The third kappa shape index (κ3) is 6.87. The van der Waals surface area contributed by atoms with Gasteiger partial charge in [-0.1, -0.05) is 47.5 Å². The fourth-order valence-corrected chi connectivity index (χ4v) is 4.83. The summed E-state index contributed by atoms with van der Waals surface area (Å²) in [5.41, 5.74) is 3.45. The van der Waals surface area contributed by atoms with Crippen LogP contribution in [0.1, 0.15) is 25.7 Å². The molecule has 6 nitrogen and oxygen atoms in total. The molecule has 0 fully saturated rings. The van der Waals surface area contributed by atoms with E-state index in [2.05, 4.69) is 20.6 Å². The molecule has 0 atom stereocenters. The summed E-state index contributed by atoms with van der Waals surface area (Å²) in [6, 6.07) is 14.8. The fourth-order valence-electron chi connectivity index (χ4n) is 3.10. The molecule has 2 N–H and O–H groups in total. The van der Waals surface area contributed by atoms with E-state index in [0.29, 0.717) is 46.0 Å². The number of carbonyl (C=O) groups is 2. The molecule has 0 aliphatic rings. The van der Waals surface area contributed by atoms with Crippen molar-refractivity contribution in [1.29, 1.82) is 0 Å². The van der Waals surface area contributed by atoms with Gasteiger partial charge in [-0.25, -0.2) is 9.97 Å². The van der Waals surface area contributed by atoms with Crippen molar-refractivity contribution in [3.63, 3.8) is 0 Å². The number of aromatic nitrogens is 2. The molecule has 0 bridgehead atoms. The summed E-state index contributed by atoms with van der Waals surface area (Å²) in [6.45, 7) is 0. The van der Waals surface area contributed by atoms with Gasteiger partial charge in [0.25, 0.3) is 0 Å². The minimum absolute atomic E-state index is 0.120. The Bertz CT molecular complexity index is 1170. The molecule has 2 heterocycles. The van der Waals surface area contributed by atoms with E-state index in [1.807, 2.05) is 35.0 Å². The molecule has 34 heavy (non-hydrogen) atoms. The van der Waals surface area contributed by atoms with Crippen LogP contribution < -0.4 is 10.6 Å². The predicted octanol–water partition coefficient (Wildman–Crippen LogP) is 7.38. The highest BCUT2D eigenvalue weighted by Crippen LogP contribution is 2.27. The third-order valence-corrected chi connectivity index (χ3v) is 6.86. The summed E-state index contributed by atoms with van der Waals surface area (Å²) in [7, 11) is 0. The molecule has 0 saturated carbocycles. The molecule has 0 unspecified atom stereocenters. The lowest BCUT2D eigenvalue weighted by Gasteiger charge is -2.03. The molecule has 2 aromatic carbocycles. The van der Waals surface area contributed by atoms with Crippen molar-refractivity contribution < 1.29 is 9.59 Å². The number of halogens is 2. The van der Waals surface area contributed by atoms with E-state index in [4.69, 9.17) is 23.2 Å². The van der Waals surface area contributed by atoms with Crippen LogP contribution in [-0.2, 0) is 9.59 Å². The van der Waals surface area contributed by atoms with Gasteiger partial charge in [-0.05, 0) is 37.1 Å². The minimum Gasteiger partial charge on any atom is -0.302 e. The first-order chi connectivity index (χ1) is 16.5. The van der Waals surface area contributed by atoms with E-state index >= 15 is 0 Å². The van der Waals surface area contributed by atoms with E-state index in [1.165, 1.54) is 22.7 Å². The van der Waals surface area contributed by atoms with E-state index in [-0.39, 0.29) is 11.8 Å². The first-order valence-corrected chi connectivity index (χ1v) is 13.0. The summed E-state index contributed by atoms with van der Waals surface area (Å²) in [6.07, 6.45) is 1.84. The van der Waals surface area contributed by atoms with Crippen LogP contribution in [0, 0.1) is 0 Å². The van der Waals surface area contributed by atoms with Crippen LogP contribution in [0.4, 0.5) is 10.3 Å². The molecule has 0 saturated heterocycles. The quantitative estimate of drug-likeness (QED) is 0.221. The van der Waals surface area contributed by atoms with Crippen LogP contribution in [0.2, 0.25) is 10.0 Å². The highest BCUT2D eigenvalue weighted by atomic mass is 35.5. The Morgan fingerprint density at radius 1 is 0.676 bits per heavy atom. The van der Waals surface area contributed by atoms with E-state index < -0.39 is 0 Å². The van der Waals surface area contributed by atoms with Crippen molar-refractivity contribution in [2.24, 2.45) is 0 Å². The number of carbonyl (C=O) groups excluding carboxylic acids is 2. The number of nitrogens with one attached hydrogen (secondary N) is 2. The molecule has 0 aliphatic carbocycles. The van der Waals surface area contributed by atoms with E-state index in [1.54, 1.807) is 24.3 Å². The van der Waals surface area contributed by atoms with Crippen molar-refractivity contribution in [2.45, 2.75) is 25.7 Å². The Kier molecular flexibility index (Phi) is 8.29. The molecule has 10 heteroatoms. The van der Waals surface area contributed by atoms with Crippen molar-refractivity contribution in [1.82, 2.24) is 9.97 Å². The van der Waals surface area contributed by atoms with Gasteiger partial charge in [0.05, 0.1) is 11.4 Å². The van der Waals surface area contributed by atoms with Crippen LogP contribution >= 0.6 is 45.9 Å². The van der Waals surface area contributed by atoms with Crippen LogP contribution in [-0.4, -0.2) is 21.8 Å². The Morgan fingerprint density at radius 2 is 1.06 bits per heavy atom. The molecular formula is C24H20Cl2N4O2S2. The maximum Gasteiger partial charge on any atom is 0.226 e. The number of hydrogen-bond donors (Lipinski definition) is 2. The number of amides is 2. The zero-order valence-corrected chi connectivity index (χ0v) is 21.0.